The molecule has 0 bridgehead atoms. The van der Waals surface area contributed by atoms with Crippen LogP contribution in [0.2, 0.25) is 0 Å². The zero-order chi connectivity index (χ0) is 23.7. The maximum atomic E-state index is 12.8. The summed E-state index contributed by atoms with van der Waals surface area (Å²) in [5, 5.41) is 0. The lowest BCUT2D eigenvalue weighted by Crippen LogP contribution is -2.23. The van der Waals surface area contributed by atoms with Crippen LogP contribution in [0.3, 0.4) is 0 Å². The van der Waals surface area contributed by atoms with Crippen LogP contribution in [0, 0.1) is 0 Å². The second-order valence-corrected chi connectivity index (χ2v) is 8.16. The smallest absolute Gasteiger partial charge is 0.339 e. The number of carbonyl (C=O) groups excluding carboxylic acids is 4. The summed E-state index contributed by atoms with van der Waals surface area (Å²) in [5.41, 5.74) is -1.00. The van der Waals surface area contributed by atoms with Gasteiger partial charge in [-0.05, 0) is 12.1 Å². The second kappa shape index (κ2) is 9.66. The highest BCUT2D eigenvalue weighted by atomic mass is 16.6. The second-order valence-electron chi connectivity index (χ2n) is 8.16. The zero-order valence-corrected chi connectivity index (χ0v) is 18.0. The fourth-order valence-corrected chi connectivity index (χ4v) is 2.92. The maximum absolute atomic E-state index is 12.8. The molecule has 4 aliphatic rings. The molecule has 182 valence electrons. The van der Waals surface area contributed by atoms with Gasteiger partial charge in [-0.2, -0.15) is 0 Å². The molecule has 12 heteroatoms. The van der Waals surface area contributed by atoms with Crippen LogP contribution < -0.4 is 0 Å². The number of ether oxygens (including phenoxy) is 8. The largest absolute Gasteiger partial charge is 0.459 e. The zero-order valence-electron chi connectivity index (χ0n) is 18.0. The van der Waals surface area contributed by atoms with Crippen molar-refractivity contribution in [3.63, 3.8) is 0 Å². The van der Waals surface area contributed by atoms with Gasteiger partial charge in [0, 0.05) is 0 Å². The molecule has 4 saturated heterocycles. The first-order valence-corrected chi connectivity index (χ1v) is 10.8. The third kappa shape index (κ3) is 6.08. The molecule has 0 saturated carbocycles. The molecule has 0 N–H and O–H groups in total. The molecule has 1 aromatic rings. The number of hydrogen-bond acceptors (Lipinski definition) is 12. The molecular weight excluding hydrogens is 456 g/mol. The number of rotatable bonds is 12. The Kier molecular flexibility index (Phi) is 6.46. The third-order valence-corrected chi connectivity index (χ3v) is 5.25. The number of epoxide rings is 4. The normalized spacial score (nSPS) is 25.6. The molecule has 4 aliphatic heterocycles. The highest BCUT2D eigenvalue weighted by molar-refractivity contribution is 6.10. The summed E-state index contributed by atoms with van der Waals surface area (Å²) < 4.78 is 41.0. The van der Waals surface area contributed by atoms with Crippen LogP contribution in [0.5, 0.6) is 0 Å². The quantitative estimate of drug-likeness (QED) is 0.224. The van der Waals surface area contributed by atoms with Crippen molar-refractivity contribution in [2.24, 2.45) is 0 Å². The van der Waals surface area contributed by atoms with Gasteiger partial charge in [-0.1, -0.05) is 0 Å². The lowest BCUT2D eigenvalue weighted by atomic mass is 9.98. The van der Waals surface area contributed by atoms with Gasteiger partial charge in [0.15, 0.2) is 0 Å². The number of carbonyl (C=O) groups is 4. The fraction of sp³-hybridized carbons (Fsp3) is 0.545. The molecule has 4 unspecified atom stereocenters. The Morgan fingerprint density at radius 1 is 0.529 bits per heavy atom. The molecular formula is C22H22O12. The molecule has 0 aliphatic carbocycles. The highest BCUT2D eigenvalue weighted by Crippen LogP contribution is 2.24. The van der Waals surface area contributed by atoms with Crippen molar-refractivity contribution in [2.45, 2.75) is 24.4 Å². The van der Waals surface area contributed by atoms with E-state index in [0.29, 0.717) is 26.4 Å². The van der Waals surface area contributed by atoms with E-state index >= 15 is 0 Å². The number of esters is 4. The predicted octanol–water partition coefficient (Wildman–Crippen LogP) is -0.0910. The van der Waals surface area contributed by atoms with Gasteiger partial charge in [-0.15, -0.1) is 0 Å². The van der Waals surface area contributed by atoms with E-state index in [2.05, 4.69) is 0 Å². The molecule has 0 spiro atoms. The van der Waals surface area contributed by atoms with Crippen molar-refractivity contribution >= 4 is 23.9 Å². The molecule has 4 fully saturated rings. The van der Waals surface area contributed by atoms with E-state index in [0.717, 1.165) is 12.1 Å². The summed E-state index contributed by atoms with van der Waals surface area (Å²) >= 11 is 0. The maximum Gasteiger partial charge on any atom is 0.339 e. The summed E-state index contributed by atoms with van der Waals surface area (Å²) in [6, 6.07) is 2.17. The van der Waals surface area contributed by atoms with Gasteiger partial charge in [0.2, 0.25) is 0 Å². The van der Waals surface area contributed by atoms with E-state index in [9.17, 15) is 19.2 Å². The molecule has 34 heavy (non-hydrogen) atoms. The van der Waals surface area contributed by atoms with Crippen LogP contribution in [-0.2, 0) is 37.9 Å². The van der Waals surface area contributed by atoms with E-state index < -0.39 is 23.9 Å². The Hall–Kier alpha value is -3.06. The minimum absolute atomic E-state index is 0.0206. The molecule has 5 rings (SSSR count). The fourth-order valence-electron chi connectivity index (χ4n) is 2.92. The van der Waals surface area contributed by atoms with Crippen LogP contribution in [0.4, 0.5) is 0 Å². The average Bonchev–Trinajstić information content (AvgIpc) is 3.65. The van der Waals surface area contributed by atoms with Crippen molar-refractivity contribution in [1.82, 2.24) is 0 Å². The minimum Gasteiger partial charge on any atom is -0.459 e. The Labute approximate surface area is 193 Å². The Bertz CT molecular complexity index is 834. The highest BCUT2D eigenvalue weighted by Gasteiger charge is 2.33. The molecule has 0 amide bonds. The Morgan fingerprint density at radius 2 is 0.735 bits per heavy atom. The van der Waals surface area contributed by atoms with Crippen LogP contribution >= 0.6 is 0 Å². The monoisotopic (exact) mass is 478 g/mol. The standard InChI is InChI=1S/C22H22O12/c23-19(31-7-11-3-27-11)15-1-16(20(24)32-8-12-4-28-12)18(22(26)34-10-14-6-30-14)2-17(15)21(25)33-9-13-5-29-13/h1-2,11-14H,3-10H2. The molecule has 1 aromatic carbocycles. The van der Waals surface area contributed by atoms with E-state index in [-0.39, 0.29) is 73.1 Å². The molecule has 0 radical (unpaired) electrons. The first kappa shape index (κ1) is 22.7. The van der Waals surface area contributed by atoms with Crippen molar-refractivity contribution in [1.29, 1.82) is 0 Å². The molecule has 4 heterocycles. The van der Waals surface area contributed by atoms with E-state index in [1.807, 2.05) is 0 Å². The van der Waals surface area contributed by atoms with Gasteiger partial charge in [0.1, 0.15) is 50.8 Å². The van der Waals surface area contributed by atoms with Crippen LogP contribution in [-0.4, -0.2) is 101 Å². The van der Waals surface area contributed by atoms with Crippen molar-refractivity contribution < 1.29 is 57.1 Å². The summed E-state index contributed by atoms with van der Waals surface area (Å²) in [6.07, 6.45) is -0.858. The third-order valence-electron chi connectivity index (χ3n) is 5.25. The van der Waals surface area contributed by atoms with Crippen LogP contribution in [0.25, 0.3) is 0 Å². The molecule has 4 atom stereocenters. The van der Waals surface area contributed by atoms with Crippen LogP contribution in [0.1, 0.15) is 41.4 Å². The SMILES string of the molecule is O=C(OCC1CO1)c1cc(C(=O)OCC2CO2)c(C(=O)OCC2CO2)cc1C(=O)OCC1CO1. The Balaban J connectivity index is 1.44. The van der Waals surface area contributed by atoms with Gasteiger partial charge in [0.25, 0.3) is 0 Å². The van der Waals surface area contributed by atoms with E-state index in [4.69, 9.17) is 37.9 Å². The Morgan fingerprint density at radius 3 is 0.912 bits per heavy atom. The summed E-state index contributed by atoms with van der Waals surface area (Å²) in [7, 11) is 0. The lowest BCUT2D eigenvalue weighted by Gasteiger charge is -2.14. The minimum atomic E-state index is -0.879. The van der Waals surface area contributed by atoms with Crippen molar-refractivity contribution in [3.8, 4) is 0 Å². The molecule has 12 nitrogen and oxygen atoms in total. The van der Waals surface area contributed by atoms with Crippen LogP contribution in [0.15, 0.2) is 12.1 Å². The molecule has 0 aromatic heterocycles. The van der Waals surface area contributed by atoms with E-state index in [1.54, 1.807) is 0 Å². The first-order valence-electron chi connectivity index (χ1n) is 10.8. The van der Waals surface area contributed by atoms with Gasteiger partial charge in [0.05, 0.1) is 48.7 Å². The van der Waals surface area contributed by atoms with Gasteiger partial charge in [-0.25, -0.2) is 19.2 Å². The summed E-state index contributed by atoms with van der Waals surface area (Å²) in [4.78, 5) is 51.2. The topological polar surface area (TPSA) is 155 Å². The average molecular weight is 478 g/mol. The first-order chi connectivity index (χ1) is 16.5. The van der Waals surface area contributed by atoms with Crippen molar-refractivity contribution in [2.75, 3.05) is 52.9 Å². The number of benzene rings is 1. The van der Waals surface area contributed by atoms with Gasteiger partial charge >= 0.3 is 23.9 Å². The summed E-state index contributed by atoms with van der Waals surface area (Å²) in [6.45, 7) is 1.75. The van der Waals surface area contributed by atoms with E-state index in [1.165, 1.54) is 0 Å². The van der Waals surface area contributed by atoms with Gasteiger partial charge < -0.3 is 37.9 Å². The van der Waals surface area contributed by atoms with Crippen molar-refractivity contribution in [3.05, 3.63) is 34.4 Å². The van der Waals surface area contributed by atoms with Gasteiger partial charge in [-0.3, -0.25) is 0 Å². The number of hydrogen-bond donors (Lipinski definition) is 0. The lowest BCUT2D eigenvalue weighted by molar-refractivity contribution is 0.0414. The predicted molar refractivity (Wildman–Crippen MR) is 107 cm³/mol. The summed E-state index contributed by atoms with van der Waals surface area (Å²) in [5.74, 6) is -3.51.